The maximum Gasteiger partial charge on any atom is 0.124 e. The fourth-order valence-corrected chi connectivity index (χ4v) is 3.65. The Hall–Kier alpha value is -0.740. The number of hydrogen-bond donors (Lipinski definition) is 1. The van der Waals surface area contributed by atoms with Crippen LogP contribution in [0.3, 0.4) is 0 Å². The Kier molecular flexibility index (Phi) is 3.94. The minimum Gasteiger partial charge on any atom is -0.370 e. The molecule has 1 aliphatic heterocycles. The summed E-state index contributed by atoms with van der Waals surface area (Å²) < 4.78 is 13.3. The summed E-state index contributed by atoms with van der Waals surface area (Å²) in [6.45, 7) is 3.24. The standard InChI is InChI=1S/C13H19FN2S/c1-9-12(6-7-15-2)17-13-8-10(14)4-5-11(13)16(9)3/h4-5,8-9,12,15H,6-7H2,1-3H3. The average Bonchev–Trinajstić information content (AvgIpc) is 2.31. The third-order valence-electron chi connectivity index (χ3n) is 3.41. The molecule has 94 valence electrons. The van der Waals surface area contributed by atoms with Crippen molar-refractivity contribution in [3.05, 3.63) is 24.0 Å². The maximum absolute atomic E-state index is 13.3. The molecule has 2 unspecified atom stereocenters. The molecule has 0 amide bonds. The van der Waals surface area contributed by atoms with Crippen molar-refractivity contribution in [3.8, 4) is 0 Å². The highest BCUT2D eigenvalue weighted by Crippen LogP contribution is 2.42. The molecule has 1 heterocycles. The van der Waals surface area contributed by atoms with Gasteiger partial charge in [-0.25, -0.2) is 4.39 Å². The highest BCUT2D eigenvalue weighted by Gasteiger charge is 2.29. The predicted octanol–water partition coefficient (Wildman–Crippen LogP) is 2.73. The number of halogens is 1. The monoisotopic (exact) mass is 254 g/mol. The molecule has 1 N–H and O–H groups in total. The van der Waals surface area contributed by atoms with Gasteiger partial charge in [0.2, 0.25) is 0 Å². The van der Waals surface area contributed by atoms with E-state index in [0.717, 1.165) is 23.5 Å². The molecule has 0 bridgehead atoms. The smallest absolute Gasteiger partial charge is 0.124 e. The van der Waals surface area contributed by atoms with Gasteiger partial charge in [-0.05, 0) is 45.1 Å². The first-order valence-electron chi connectivity index (χ1n) is 5.97. The van der Waals surface area contributed by atoms with E-state index in [0.29, 0.717) is 11.3 Å². The summed E-state index contributed by atoms with van der Waals surface area (Å²) >= 11 is 1.80. The van der Waals surface area contributed by atoms with Crippen LogP contribution in [-0.2, 0) is 0 Å². The van der Waals surface area contributed by atoms with E-state index in [4.69, 9.17) is 0 Å². The second-order valence-corrected chi connectivity index (χ2v) is 5.79. The number of fused-ring (bicyclic) bond motifs is 1. The van der Waals surface area contributed by atoms with E-state index in [1.807, 2.05) is 13.1 Å². The van der Waals surface area contributed by atoms with Gasteiger partial charge in [-0.2, -0.15) is 0 Å². The maximum atomic E-state index is 13.3. The summed E-state index contributed by atoms with van der Waals surface area (Å²) in [6.07, 6.45) is 1.10. The van der Waals surface area contributed by atoms with Gasteiger partial charge in [0.05, 0.1) is 5.69 Å². The first-order chi connectivity index (χ1) is 8.13. The molecule has 2 rings (SSSR count). The van der Waals surface area contributed by atoms with E-state index in [2.05, 4.69) is 24.2 Å². The lowest BCUT2D eigenvalue weighted by molar-refractivity contribution is 0.578. The number of benzene rings is 1. The van der Waals surface area contributed by atoms with E-state index in [1.54, 1.807) is 17.8 Å². The highest BCUT2D eigenvalue weighted by atomic mass is 32.2. The lowest BCUT2D eigenvalue weighted by Crippen LogP contribution is -2.41. The van der Waals surface area contributed by atoms with Crippen LogP contribution in [-0.4, -0.2) is 31.9 Å². The molecule has 17 heavy (non-hydrogen) atoms. The van der Waals surface area contributed by atoms with Gasteiger partial charge < -0.3 is 10.2 Å². The average molecular weight is 254 g/mol. The topological polar surface area (TPSA) is 15.3 Å². The van der Waals surface area contributed by atoms with Crippen LogP contribution in [0.2, 0.25) is 0 Å². The predicted molar refractivity (Wildman–Crippen MR) is 72.5 cm³/mol. The number of nitrogens with one attached hydrogen (secondary N) is 1. The number of thioether (sulfide) groups is 1. The molecule has 0 saturated heterocycles. The van der Waals surface area contributed by atoms with Gasteiger partial charge >= 0.3 is 0 Å². The van der Waals surface area contributed by atoms with Crippen molar-refractivity contribution in [2.24, 2.45) is 0 Å². The molecule has 0 aromatic heterocycles. The van der Waals surface area contributed by atoms with Crippen molar-refractivity contribution in [2.45, 2.75) is 29.5 Å². The minimum absolute atomic E-state index is 0.147. The van der Waals surface area contributed by atoms with Gasteiger partial charge in [-0.15, -0.1) is 11.8 Å². The summed E-state index contributed by atoms with van der Waals surface area (Å²) in [5.74, 6) is -0.147. The van der Waals surface area contributed by atoms with Crippen molar-refractivity contribution in [3.63, 3.8) is 0 Å². The van der Waals surface area contributed by atoms with Gasteiger partial charge in [0.15, 0.2) is 0 Å². The van der Waals surface area contributed by atoms with Crippen molar-refractivity contribution in [1.82, 2.24) is 5.32 Å². The molecular weight excluding hydrogens is 235 g/mol. The molecule has 1 aliphatic rings. The van der Waals surface area contributed by atoms with Crippen LogP contribution in [0, 0.1) is 5.82 Å². The zero-order chi connectivity index (χ0) is 12.4. The van der Waals surface area contributed by atoms with Crippen molar-refractivity contribution in [1.29, 1.82) is 0 Å². The Morgan fingerprint density at radius 3 is 2.94 bits per heavy atom. The van der Waals surface area contributed by atoms with Crippen molar-refractivity contribution < 1.29 is 4.39 Å². The quantitative estimate of drug-likeness (QED) is 0.893. The van der Waals surface area contributed by atoms with Crippen LogP contribution >= 0.6 is 11.8 Å². The minimum atomic E-state index is -0.147. The zero-order valence-electron chi connectivity index (χ0n) is 10.5. The second kappa shape index (κ2) is 5.27. The van der Waals surface area contributed by atoms with E-state index in [-0.39, 0.29) is 5.82 Å². The summed E-state index contributed by atoms with van der Waals surface area (Å²) in [6, 6.07) is 5.54. The Bertz CT molecular complexity index is 397. The molecule has 0 saturated carbocycles. The van der Waals surface area contributed by atoms with Gasteiger partial charge in [-0.3, -0.25) is 0 Å². The number of anilines is 1. The Morgan fingerprint density at radius 1 is 1.47 bits per heavy atom. The molecule has 1 aromatic carbocycles. The van der Waals surface area contributed by atoms with Crippen LogP contribution in [0.4, 0.5) is 10.1 Å². The molecular formula is C13H19FN2S. The molecule has 2 atom stereocenters. The summed E-state index contributed by atoms with van der Waals surface area (Å²) in [5.41, 5.74) is 1.14. The van der Waals surface area contributed by atoms with Gasteiger partial charge in [0, 0.05) is 23.2 Å². The molecule has 1 aromatic rings. The lowest BCUT2D eigenvalue weighted by atomic mass is 10.1. The molecule has 4 heteroatoms. The fraction of sp³-hybridized carbons (Fsp3) is 0.538. The van der Waals surface area contributed by atoms with Crippen molar-refractivity contribution >= 4 is 17.4 Å². The largest absolute Gasteiger partial charge is 0.370 e. The number of nitrogens with zero attached hydrogens (tertiary/aromatic N) is 1. The number of hydrogen-bond acceptors (Lipinski definition) is 3. The molecule has 0 radical (unpaired) electrons. The second-order valence-electron chi connectivity index (χ2n) is 4.51. The Morgan fingerprint density at radius 2 is 2.24 bits per heavy atom. The Balaban J connectivity index is 2.23. The summed E-state index contributed by atoms with van der Waals surface area (Å²) in [5, 5.41) is 3.70. The van der Waals surface area contributed by atoms with E-state index < -0.39 is 0 Å². The zero-order valence-corrected chi connectivity index (χ0v) is 11.4. The van der Waals surface area contributed by atoms with Crippen LogP contribution in [0.1, 0.15) is 13.3 Å². The summed E-state index contributed by atoms with van der Waals surface area (Å²) in [4.78, 5) is 3.32. The van der Waals surface area contributed by atoms with Crippen LogP contribution in [0.15, 0.2) is 23.1 Å². The van der Waals surface area contributed by atoms with Gasteiger partial charge in [0.25, 0.3) is 0 Å². The molecule has 0 aliphatic carbocycles. The molecule has 0 spiro atoms. The first-order valence-corrected chi connectivity index (χ1v) is 6.85. The van der Waals surface area contributed by atoms with Crippen LogP contribution < -0.4 is 10.2 Å². The lowest BCUT2D eigenvalue weighted by Gasteiger charge is -2.39. The van der Waals surface area contributed by atoms with Crippen molar-refractivity contribution in [2.75, 3.05) is 25.5 Å². The molecule has 2 nitrogen and oxygen atoms in total. The fourth-order valence-electron chi connectivity index (χ4n) is 2.19. The molecule has 0 fully saturated rings. The third kappa shape index (κ3) is 2.58. The Labute approximate surface area is 107 Å². The summed E-state index contributed by atoms with van der Waals surface area (Å²) in [7, 11) is 4.06. The SMILES string of the molecule is CNCCC1Sc2cc(F)ccc2N(C)C1C. The first kappa shape index (κ1) is 12.7. The van der Waals surface area contributed by atoms with Gasteiger partial charge in [-0.1, -0.05) is 0 Å². The highest BCUT2D eigenvalue weighted by molar-refractivity contribution is 8.00. The van der Waals surface area contributed by atoms with E-state index >= 15 is 0 Å². The van der Waals surface area contributed by atoms with E-state index in [9.17, 15) is 4.39 Å². The van der Waals surface area contributed by atoms with Crippen LogP contribution in [0.5, 0.6) is 0 Å². The van der Waals surface area contributed by atoms with E-state index in [1.165, 1.54) is 6.07 Å². The number of rotatable bonds is 3. The normalized spacial score (nSPS) is 23.6. The van der Waals surface area contributed by atoms with Gasteiger partial charge in [0.1, 0.15) is 5.82 Å². The third-order valence-corrected chi connectivity index (χ3v) is 4.92. The van der Waals surface area contributed by atoms with Crippen LogP contribution in [0.25, 0.3) is 0 Å².